The Kier molecular flexibility index (Phi) is 7.87. The Labute approximate surface area is 188 Å². The Morgan fingerprint density at radius 2 is 1.66 bits per heavy atom. The minimum absolute atomic E-state index is 0.0115. The maximum atomic E-state index is 12.3. The Balaban J connectivity index is 1.45. The van der Waals surface area contributed by atoms with Crippen LogP contribution in [0.3, 0.4) is 0 Å². The van der Waals surface area contributed by atoms with Crippen molar-refractivity contribution in [3.8, 4) is 11.1 Å². The van der Waals surface area contributed by atoms with Crippen LogP contribution in [0.5, 0.6) is 0 Å². The molecule has 2 N–H and O–H groups in total. The number of carbonyl (C=O) groups excluding carboxylic acids is 2. The molecule has 32 heavy (non-hydrogen) atoms. The molecule has 2 aromatic carbocycles. The van der Waals surface area contributed by atoms with Crippen LogP contribution in [0.2, 0.25) is 0 Å². The topological polar surface area (TPSA) is 95.9 Å². The van der Waals surface area contributed by atoms with Crippen molar-refractivity contribution in [1.29, 1.82) is 0 Å². The summed E-state index contributed by atoms with van der Waals surface area (Å²) in [5, 5.41) is 11.6. The summed E-state index contributed by atoms with van der Waals surface area (Å²) in [6, 6.07) is 16.3. The molecular weight excluding hydrogens is 408 g/mol. The molecule has 0 aliphatic heterocycles. The fraction of sp³-hybridized carbons (Fsp3) is 0.400. The van der Waals surface area contributed by atoms with Crippen molar-refractivity contribution < 1.29 is 24.2 Å². The van der Waals surface area contributed by atoms with E-state index in [2.05, 4.69) is 29.6 Å². The standard InChI is InChI=1S/C25H30N2O5/c1-3-27(15-24(29)30)23(28)13-12-17(2)14-26-25(31)32-16-22-20-10-6-4-8-18(20)19-9-5-7-11-21(19)22/h4-11,17,22H,3,12-16H2,1-2H3,(H,26,31)(H,29,30). The second kappa shape index (κ2) is 10.8. The molecule has 0 saturated heterocycles. The highest BCUT2D eigenvalue weighted by Crippen LogP contribution is 2.44. The number of hydrogen-bond acceptors (Lipinski definition) is 4. The minimum Gasteiger partial charge on any atom is -0.480 e. The Morgan fingerprint density at radius 3 is 2.22 bits per heavy atom. The molecule has 170 valence electrons. The number of hydrogen-bond donors (Lipinski definition) is 2. The molecule has 3 rings (SSSR count). The van der Waals surface area contributed by atoms with Crippen LogP contribution in [0.15, 0.2) is 48.5 Å². The summed E-state index contributed by atoms with van der Waals surface area (Å²) in [4.78, 5) is 36.6. The summed E-state index contributed by atoms with van der Waals surface area (Å²) >= 11 is 0. The number of benzene rings is 2. The molecule has 0 radical (unpaired) electrons. The predicted octanol–water partition coefficient (Wildman–Crippen LogP) is 3.87. The van der Waals surface area contributed by atoms with Gasteiger partial charge in [-0.15, -0.1) is 0 Å². The smallest absolute Gasteiger partial charge is 0.407 e. The number of fused-ring (bicyclic) bond motifs is 3. The summed E-state index contributed by atoms with van der Waals surface area (Å²) < 4.78 is 5.52. The van der Waals surface area contributed by atoms with Crippen molar-refractivity contribution in [2.45, 2.75) is 32.6 Å². The number of amides is 2. The molecule has 2 amide bonds. The summed E-state index contributed by atoms with van der Waals surface area (Å²) in [7, 11) is 0. The van der Waals surface area contributed by atoms with Gasteiger partial charge in [-0.2, -0.15) is 0 Å². The number of nitrogens with one attached hydrogen (secondary N) is 1. The third-order valence-corrected chi connectivity index (χ3v) is 5.85. The maximum Gasteiger partial charge on any atom is 0.407 e. The summed E-state index contributed by atoms with van der Waals surface area (Å²) in [6.45, 7) is 4.40. The van der Waals surface area contributed by atoms with E-state index in [1.807, 2.05) is 31.2 Å². The fourth-order valence-corrected chi connectivity index (χ4v) is 4.08. The molecule has 0 spiro atoms. The quantitative estimate of drug-likeness (QED) is 0.587. The molecule has 1 atom stereocenters. The number of aliphatic carboxylic acids is 1. The number of carboxylic acid groups (broad SMARTS) is 1. The average Bonchev–Trinajstić information content (AvgIpc) is 3.11. The van der Waals surface area contributed by atoms with E-state index < -0.39 is 12.1 Å². The zero-order chi connectivity index (χ0) is 23.1. The van der Waals surface area contributed by atoms with Crippen molar-refractivity contribution >= 4 is 18.0 Å². The van der Waals surface area contributed by atoms with Gasteiger partial charge in [0, 0.05) is 25.4 Å². The van der Waals surface area contributed by atoms with Crippen LogP contribution in [0, 0.1) is 5.92 Å². The molecule has 7 nitrogen and oxygen atoms in total. The lowest BCUT2D eigenvalue weighted by Gasteiger charge is -2.20. The highest BCUT2D eigenvalue weighted by molar-refractivity contribution is 5.81. The molecule has 2 aromatic rings. The monoisotopic (exact) mass is 438 g/mol. The fourth-order valence-electron chi connectivity index (χ4n) is 4.08. The van der Waals surface area contributed by atoms with Crippen molar-refractivity contribution in [3.63, 3.8) is 0 Å². The van der Waals surface area contributed by atoms with E-state index >= 15 is 0 Å². The lowest BCUT2D eigenvalue weighted by atomic mass is 9.98. The van der Waals surface area contributed by atoms with Crippen molar-refractivity contribution in [2.24, 2.45) is 5.92 Å². The van der Waals surface area contributed by atoms with Crippen molar-refractivity contribution in [1.82, 2.24) is 10.2 Å². The van der Waals surface area contributed by atoms with Gasteiger partial charge in [0.15, 0.2) is 0 Å². The summed E-state index contributed by atoms with van der Waals surface area (Å²) in [6.07, 6.45) is 0.318. The highest BCUT2D eigenvalue weighted by atomic mass is 16.5. The second-order valence-corrected chi connectivity index (χ2v) is 8.15. The predicted molar refractivity (Wildman–Crippen MR) is 121 cm³/mol. The van der Waals surface area contributed by atoms with Crippen LogP contribution < -0.4 is 5.32 Å². The molecule has 0 fully saturated rings. The molecule has 0 heterocycles. The van der Waals surface area contributed by atoms with Gasteiger partial charge in [-0.25, -0.2) is 4.79 Å². The van der Waals surface area contributed by atoms with Gasteiger partial charge in [-0.05, 0) is 41.5 Å². The van der Waals surface area contributed by atoms with Crippen molar-refractivity contribution in [2.75, 3.05) is 26.2 Å². The van der Waals surface area contributed by atoms with Crippen LogP contribution >= 0.6 is 0 Å². The number of alkyl carbamates (subject to hydrolysis) is 1. The number of carboxylic acids is 1. The van der Waals surface area contributed by atoms with E-state index in [0.717, 1.165) is 11.1 Å². The Bertz CT molecular complexity index is 929. The SMILES string of the molecule is CCN(CC(=O)O)C(=O)CCC(C)CNC(=O)OCC1c2ccccc2-c2ccccc21. The van der Waals surface area contributed by atoms with E-state index in [-0.39, 0.29) is 37.3 Å². The van der Waals surface area contributed by atoms with Gasteiger partial charge in [0.25, 0.3) is 0 Å². The third-order valence-electron chi connectivity index (χ3n) is 5.85. The molecular formula is C25H30N2O5. The van der Waals surface area contributed by atoms with Gasteiger partial charge in [-0.1, -0.05) is 55.5 Å². The van der Waals surface area contributed by atoms with Crippen LogP contribution in [-0.4, -0.2) is 54.2 Å². The number of ether oxygens (including phenoxy) is 1. The first-order valence-corrected chi connectivity index (χ1v) is 11.0. The zero-order valence-corrected chi connectivity index (χ0v) is 18.5. The number of carbonyl (C=O) groups is 3. The molecule has 1 unspecified atom stereocenters. The molecule has 0 bridgehead atoms. The van der Waals surface area contributed by atoms with E-state index in [0.29, 0.717) is 19.5 Å². The van der Waals surface area contributed by atoms with Crippen LogP contribution in [0.4, 0.5) is 4.79 Å². The number of likely N-dealkylation sites (N-methyl/N-ethyl adjacent to an activating group) is 1. The number of rotatable bonds is 10. The largest absolute Gasteiger partial charge is 0.480 e. The van der Waals surface area contributed by atoms with Gasteiger partial charge < -0.3 is 20.1 Å². The summed E-state index contributed by atoms with van der Waals surface area (Å²) in [5.41, 5.74) is 4.68. The van der Waals surface area contributed by atoms with E-state index in [4.69, 9.17) is 9.84 Å². The van der Waals surface area contributed by atoms with E-state index in [9.17, 15) is 14.4 Å². The van der Waals surface area contributed by atoms with Crippen LogP contribution in [-0.2, 0) is 14.3 Å². The minimum atomic E-state index is -1.02. The molecule has 7 heteroatoms. The van der Waals surface area contributed by atoms with E-state index in [1.54, 1.807) is 6.92 Å². The average molecular weight is 439 g/mol. The second-order valence-electron chi connectivity index (χ2n) is 8.15. The maximum absolute atomic E-state index is 12.3. The molecule has 1 aliphatic rings. The van der Waals surface area contributed by atoms with Crippen molar-refractivity contribution in [3.05, 3.63) is 59.7 Å². The van der Waals surface area contributed by atoms with E-state index in [1.165, 1.54) is 16.0 Å². The van der Waals surface area contributed by atoms with Gasteiger partial charge in [0.2, 0.25) is 5.91 Å². The molecule has 1 aliphatic carbocycles. The Hall–Kier alpha value is -3.35. The normalized spacial score (nSPS) is 13.1. The first-order valence-electron chi connectivity index (χ1n) is 11.0. The molecule has 0 saturated carbocycles. The van der Waals surface area contributed by atoms with Gasteiger partial charge >= 0.3 is 12.1 Å². The zero-order valence-electron chi connectivity index (χ0n) is 18.5. The first kappa shape index (κ1) is 23.3. The highest BCUT2D eigenvalue weighted by Gasteiger charge is 2.29. The lowest BCUT2D eigenvalue weighted by Crippen LogP contribution is -2.36. The van der Waals surface area contributed by atoms with Gasteiger partial charge in [0.1, 0.15) is 13.2 Å². The molecule has 0 aromatic heterocycles. The lowest BCUT2D eigenvalue weighted by molar-refractivity contribution is -0.144. The Morgan fingerprint density at radius 1 is 1.06 bits per heavy atom. The number of nitrogens with zero attached hydrogens (tertiary/aromatic N) is 1. The summed E-state index contributed by atoms with van der Waals surface area (Å²) in [5.74, 6) is -1.14. The first-order chi connectivity index (χ1) is 15.4. The van der Waals surface area contributed by atoms with Crippen LogP contribution in [0.1, 0.15) is 43.7 Å². The van der Waals surface area contributed by atoms with Gasteiger partial charge in [-0.3, -0.25) is 9.59 Å². The third kappa shape index (κ3) is 5.66. The van der Waals surface area contributed by atoms with Crippen LogP contribution in [0.25, 0.3) is 11.1 Å². The van der Waals surface area contributed by atoms with Gasteiger partial charge in [0.05, 0.1) is 0 Å².